The Kier molecular flexibility index (Phi) is 3.45. The molecule has 2 atom stereocenters. The SMILES string of the molecule is C[C@H]1CC[C@@H](C#N)N1C(=O)CNC12CC3CC(CC(C3)C1)C2. The zero-order chi connectivity index (χ0) is 15.3. The maximum Gasteiger partial charge on any atom is 0.237 e. The standard InChI is InChI=1S/C18H27N3O/c1-12-2-3-16(10-19)21(12)17(22)11-20-18-7-13-4-14(8-18)6-15(5-13)9-18/h12-16,20H,2-9,11H2,1H3/t12-,13?,14?,15?,16-,18?/m0/s1. The molecule has 0 aromatic carbocycles. The highest BCUT2D eigenvalue weighted by molar-refractivity contribution is 5.79. The highest BCUT2D eigenvalue weighted by Gasteiger charge is 2.51. The van der Waals surface area contributed by atoms with Crippen molar-refractivity contribution in [1.29, 1.82) is 5.26 Å². The van der Waals surface area contributed by atoms with E-state index in [0.717, 1.165) is 30.6 Å². The largest absolute Gasteiger partial charge is 0.323 e. The maximum atomic E-state index is 12.6. The molecule has 1 heterocycles. The van der Waals surface area contributed by atoms with Gasteiger partial charge in [-0.25, -0.2) is 0 Å². The number of nitrogens with one attached hydrogen (secondary N) is 1. The predicted molar refractivity (Wildman–Crippen MR) is 83.8 cm³/mol. The zero-order valence-electron chi connectivity index (χ0n) is 13.6. The molecule has 0 aromatic rings. The second-order valence-electron chi connectivity index (χ2n) is 8.42. The van der Waals surface area contributed by atoms with E-state index in [-0.39, 0.29) is 23.5 Å². The van der Waals surface area contributed by atoms with Gasteiger partial charge in [0.2, 0.25) is 5.91 Å². The Balaban J connectivity index is 1.40. The third kappa shape index (κ3) is 2.34. The van der Waals surface area contributed by atoms with Crippen molar-refractivity contribution in [3.8, 4) is 6.07 Å². The average Bonchev–Trinajstić information content (AvgIpc) is 2.84. The lowest BCUT2D eigenvalue weighted by Gasteiger charge is -2.57. The van der Waals surface area contributed by atoms with Gasteiger partial charge in [0.05, 0.1) is 12.6 Å². The van der Waals surface area contributed by atoms with E-state index in [1.807, 2.05) is 4.90 Å². The Labute approximate surface area is 133 Å². The molecule has 1 amide bonds. The molecule has 5 aliphatic rings. The highest BCUT2D eigenvalue weighted by atomic mass is 16.2. The second-order valence-corrected chi connectivity index (χ2v) is 8.42. The lowest BCUT2D eigenvalue weighted by atomic mass is 9.53. The van der Waals surface area contributed by atoms with Crippen LogP contribution in [0.1, 0.15) is 58.3 Å². The van der Waals surface area contributed by atoms with E-state index >= 15 is 0 Å². The van der Waals surface area contributed by atoms with Crippen LogP contribution in [0.5, 0.6) is 0 Å². The van der Waals surface area contributed by atoms with Gasteiger partial charge in [0.25, 0.3) is 0 Å². The fourth-order valence-corrected chi connectivity index (χ4v) is 6.21. The second kappa shape index (κ2) is 5.23. The molecule has 0 aromatic heterocycles. The summed E-state index contributed by atoms with van der Waals surface area (Å²) in [5.41, 5.74) is 0.232. The number of rotatable bonds is 3. The number of nitriles is 1. The Bertz CT molecular complexity index is 474. The predicted octanol–water partition coefficient (Wildman–Crippen LogP) is 2.45. The van der Waals surface area contributed by atoms with Crippen molar-refractivity contribution in [3.63, 3.8) is 0 Å². The van der Waals surface area contributed by atoms with Gasteiger partial charge >= 0.3 is 0 Å². The van der Waals surface area contributed by atoms with Gasteiger partial charge in [0.15, 0.2) is 0 Å². The van der Waals surface area contributed by atoms with Gasteiger partial charge in [-0.2, -0.15) is 5.26 Å². The van der Waals surface area contributed by atoms with E-state index < -0.39 is 0 Å². The summed E-state index contributed by atoms with van der Waals surface area (Å²) in [7, 11) is 0. The number of amides is 1. The lowest BCUT2D eigenvalue weighted by molar-refractivity contribution is -0.133. The van der Waals surface area contributed by atoms with Gasteiger partial charge in [0, 0.05) is 11.6 Å². The topological polar surface area (TPSA) is 56.1 Å². The molecule has 0 spiro atoms. The summed E-state index contributed by atoms with van der Waals surface area (Å²) in [6.07, 6.45) is 9.87. The van der Waals surface area contributed by atoms with Gasteiger partial charge in [-0.15, -0.1) is 0 Å². The molecule has 22 heavy (non-hydrogen) atoms. The Hall–Kier alpha value is -1.08. The summed E-state index contributed by atoms with van der Waals surface area (Å²) in [5.74, 6) is 2.82. The van der Waals surface area contributed by atoms with Crippen molar-refractivity contribution in [2.75, 3.05) is 6.54 Å². The number of hydrogen-bond acceptors (Lipinski definition) is 3. The zero-order valence-corrected chi connectivity index (χ0v) is 13.6. The van der Waals surface area contributed by atoms with Crippen LogP contribution in [0, 0.1) is 29.1 Å². The fraction of sp³-hybridized carbons (Fsp3) is 0.889. The Morgan fingerprint density at radius 2 is 1.77 bits per heavy atom. The first-order valence-electron chi connectivity index (χ1n) is 9.04. The van der Waals surface area contributed by atoms with Crippen molar-refractivity contribution < 1.29 is 4.79 Å². The summed E-state index contributed by atoms with van der Waals surface area (Å²) in [6, 6.07) is 2.31. The van der Waals surface area contributed by atoms with E-state index in [1.54, 1.807) is 0 Å². The fourth-order valence-electron chi connectivity index (χ4n) is 6.21. The van der Waals surface area contributed by atoms with Crippen molar-refractivity contribution in [3.05, 3.63) is 0 Å². The number of nitrogens with zero attached hydrogens (tertiary/aromatic N) is 2. The van der Waals surface area contributed by atoms with Gasteiger partial charge in [-0.05, 0) is 76.0 Å². The molecular formula is C18H27N3O. The minimum Gasteiger partial charge on any atom is -0.323 e. The van der Waals surface area contributed by atoms with Crippen LogP contribution in [-0.4, -0.2) is 35.0 Å². The first-order chi connectivity index (χ1) is 10.6. The van der Waals surface area contributed by atoms with Crippen molar-refractivity contribution in [2.24, 2.45) is 17.8 Å². The van der Waals surface area contributed by atoms with E-state index in [0.29, 0.717) is 6.54 Å². The number of likely N-dealkylation sites (tertiary alicyclic amines) is 1. The lowest BCUT2D eigenvalue weighted by Crippen LogP contribution is -2.60. The van der Waals surface area contributed by atoms with Crippen LogP contribution in [0.25, 0.3) is 0 Å². The number of carbonyl (C=O) groups is 1. The quantitative estimate of drug-likeness (QED) is 0.871. The van der Waals surface area contributed by atoms with Crippen LogP contribution >= 0.6 is 0 Å². The van der Waals surface area contributed by atoms with E-state index in [9.17, 15) is 10.1 Å². The number of carbonyl (C=O) groups excluding carboxylic acids is 1. The molecule has 5 fully saturated rings. The summed E-state index contributed by atoms with van der Waals surface area (Å²) >= 11 is 0. The van der Waals surface area contributed by atoms with Crippen LogP contribution in [0.4, 0.5) is 0 Å². The molecule has 5 rings (SSSR count). The van der Waals surface area contributed by atoms with Crippen molar-refractivity contribution >= 4 is 5.91 Å². The average molecular weight is 301 g/mol. The molecule has 1 aliphatic heterocycles. The van der Waals surface area contributed by atoms with Crippen LogP contribution in [-0.2, 0) is 4.79 Å². The summed E-state index contributed by atoms with van der Waals surface area (Å²) in [4.78, 5) is 14.5. The monoisotopic (exact) mass is 301 g/mol. The molecule has 4 nitrogen and oxygen atoms in total. The summed E-state index contributed by atoms with van der Waals surface area (Å²) in [6.45, 7) is 2.49. The van der Waals surface area contributed by atoms with Crippen LogP contribution < -0.4 is 5.32 Å². The molecule has 120 valence electrons. The van der Waals surface area contributed by atoms with Crippen molar-refractivity contribution in [2.45, 2.75) is 75.9 Å². The third-order valence-electron chi connectivity index (χ3n) is 6.76. The van der Waals surface area contributed by atoms with Crippen LogP contribution in [0.2, 0.25) is 0 Å². The molecule has 4 saturated carbocycles. The Morgan fingerprint density at radius 3 is 2.32 bits per heavy atom. The number of hydrogen-bond donors (Lipinski definition) is 1. The minimum atomic E-state index is -0.208. The third-order valence-corrected chi connectivity index (χ3v) is 6.76. The van der Waals surface area contributed by atoms with Gasteiger partial charge in [-0.1, -0.05) is 0 Å². The normalized spacial score (nSPS) is 46.0. The van der Waals surface area contributed by atoms with Crippen LogP contribution in [0.3, 0.4) is 0 Å². The molecule has 1 N–H and O–H groups in total. The molecular weight excluding hydrogens is 274 g/mol. The summed E-state index contributed by atoms with van der Waals surface area (Å²) in [5, 5.41) is 12.9. The van der Waals surface area contributed by atoms with Crippen molar-refractivity contribution in [1.82, 2.24) is 10.2 Å². The summed E-state index contributed by atoms with van der Waals surface area (Å²) < 4.78 is 0. The van der Waals surface area contributed by atoms with E-state index in [1.165, 1.54) is 38.5 Å². The molecule has 4 bridgehead atoms. The minimum absolute atomic E-state index is 0.132. The molecule has 0 radical (unpaired) electrons. The first-order valence-corrected chi connectivity index (χ1v) is 9.04. The maximum absolute atomic E-state index is 12.6. The Morgan fingerprint density at radius 1 is 1.18 bits per heavy atom. The van der Waals surface area contributed by atoms with Gasteiger partial charge in [-0.3, -0.25) is 4.79 Å². The van der Waals surface area contributed by atoms with Crippen LogP contribution in [0.15, 0.2) is 0 Å². The van der Waals surface area contributed by atoms with Gasteiger partial charge < -0.3 is 10.2 Å². The van der Waals surface area contributed by atoms with E-state index in [4.69, 9.17) is 0 Å². The molecule has 0 unspecified atom stereocenters. The smallest absolute Gasteiger partial charge is 0.237 e. The van der Waals surface area contributed by atoms with E-state index in [2.05, 4.69) is 18.3 Å². The highest BCUT2D eigenvalue weighted by Crippen LogP contribution is 2.55. The molecule has 4 aliphatic carbocycles. The molecule has 4 heteroatoms. The molecule has 1 saturated heterocycles. The first kappa shape index (κ1) is 14.5. The van der Waals surface area contributed by atoms with Gasteiger partial charge in [0.1, 0.15) is 6.04 Å².